The van der Waals surface area contributed by atoms with Gasteiger partial charge in [-0.2, -0.15) is 0 Å². The van der Waals surface area contributed by atoms with Crippen molar-refractivity contribution in [1.82, 2.24) is 9.80 Å². The molecule has 0 N–H and O–H groups in total. The second-order valence-electron chi connectivity index (χ2n) is 9.56. The van der Waals surface area contributed by atoms with Crippen LogP contribution in [0.1, 0.15) is 39.7 Å². The van der Waals surface area contributed by atoms with Crippen LogP contribution in [-0.4, -0.2) is 50.0 Å². The molecule has 0 spiro atoms. The summed E-state index contributed by atoms with van der Waals surface area (Å²) in [5.41, 5.74) is 2.33. The largest absolute Gasteiger partial charge is 0.493 e. The number of hydrogen-bond acceptors (Lipinski definition) is 6. The van der Waals surface area contributed by atoms with Crippen molar-refractivity contribution in [3.63, 3.8) is 0 Å². The van der Waals surface area contributed by atoms with Crippen molar-refractivity contribution in [1.29, 1.82) is 0 Å². The average molecular weight is 577 g/mol. The topological polar surface area (TPSA) is 72.2 Å². The molecule has 1 atom stereocenters. The van der Waals surface area contributed by atoms with Gasteiger partial charge in [0.2, 0.25) is 5.76 Å². The first-order valence-electron chi connectivity index (χ1n) is 12.4. The molecule has 7 nitrogen and oxygen atoms in total. The zero-order valence-electron chi connectivity index (χ0n) is 21.6. The quantitative estimate of drug-likeness (QED) is 0.257. The summed E-state index contributed by atoms with van der Waals surface area (Å²) in [5.74, 6) is 0.927. The van der Waals surface area contributed by atoms with Crippen molar-refractivity contribution in [2.75, 3.05) is 34.3 Å². The van der Waals surface area contributed by atoms with Gasteiger partial charge in [0.15, 0.2) is 16.9 Å². The van der Waals surface area contributed by atoms with E-state index >= 15 is 0 Å². The summed E-state index contributed by atoms with van der Waals surface area (Å²) in [4.78, 5) is 31.2. The number of carbonyl (C=O) groups excluding carboxylic acids is 1. The van der Waals surface area contributed by atoms with E-state index in [-0.39, 0.29) is 17.1 Å². The monoisotopic (exact) mass is 576 g/mol. The fourth-order valence-electron chi connectivity index (χ4n) is 4.84. The third-order valence-electron chi connectivity index (χ3n) is 6.67. The molecule has 0 aliphatic carbocycles. The van der Waals surface area contributed by atoms with E-state index in [2.05, 4.69) is 20.8 Å². The van der Waals surface area contributed by atoms with Crippen LogP contribution < -0.4 is 14.9 Å². The number of methoxy groups -OCH3 is 1. The predicted molar refractivity (Wildman–Crippen MR) is 150 cm³/mol. The van der Waals surface area contributed by atoms with Gasteiger partial charge in [-0.25, -0.2) is 0 Å². The molecule has 3 aromatic carbocycles. The molecule has 4 aromatic rings. The van der Waals surface area contributed by atoms with Crippen molar-refractivity contribution in [2.24, 2.45) is 0 Å². The van der Waals surface area contributed by atoms with Crippen LogP contribution in [0.15, 0.2) is 80.4 Å². The Morgan fingerprint density at radius 3 is 2.53 bits per heavy atom. The Labute approximate surface area is 229 Å². The van der Waals surface area contributed by atoms with E-state index in [1.807, 2.05) is 62.6 Å². The molecule has 38 heavy (non-hydrogen) atoms. The van der Waals surface area contributed by atoms with Gasteiger partial charge in [0.25, 0.3) is 5.91 Å². The molecule has 1 aliphatic heterocycles. The molecule has 196 valence electrons. The molecular formula is C30H29BrN2O5. The predicted octanol–water partition coefficient (Wildman–Crippen LogP) is 5.64. The number of benzene rings is 3. The molecule has 8 heteroatoms. The average Bonchev–Trinajstić information content (AvgIpc) is 3.19. The van der Waals surface area contributed by atoms with Crippen LogP contribution in [0.5, 0.6) is 11.5 Å². The first-order chi connectivity index (χ1) is 18.4. The lowest BCUT2D eigenvalue weighted by atomic mass is 9.98. The summed E-state index contributed by atoms with van der Waals surface area (Å²) < 4.78 is 18.5. The lowest BCUT2D eigenvalue weighted by Gasteiger charge is -2.26. The molecule has 2 heterocycles. The van der Waals surface area contributed by atoms with Crippen molar-refractivity contribution in [3.05, 3.63) is 104 Å². The molecule has 1 aromatic heterocycles. The van der Waals surface area contributed by atoms with E-state index in [0.717, 1.165) is 28.6 Å². The van der Waals surface area contributed by atoms with Gasteiger partial charge in [0.1, 0.15) is 12.2 Å². The Balaban J connectivity index is 1.56. The summed E-state index contributed by atoms with van der Waals surface area (Å²) in [5, 5.41) is 0.431. The van der Waals surface area contributed by atoms with Crippen molar-refractivity contribution in [2.45, 2.75) is 19.1 Å². The van der Waals surface area contributed by atoms with Gasteiger partial charge in [0.05, 0.1) is 24.1 Å². The summed E-state index contributed by atoms with van der Waals surface area (Å²) in [6, 6.07) is 20.1. The number of ether oxygens (including phenoxy) is 2. The Hall–Kier alpha value is -3.62. The third kappa shape index (κ3) is 5.06. The summed E-state index contributed by atoms with van der Waals surface area (Å²) in [7, 11) is 5.57. The van der Waals surface area contributed by atoms with E-state index in [1.165, 1.54) is 0 Å². The van der Waals surface area contributed by atoms with Crippen LogP contribution >= 0.6 is 15.9 Å². The maximum Gasteiger partial charge on any atom is 0.290 e. The number of hydrogen-bond donors (Lipinski definition) is 0. The fraction of sp³-hybridized carbons (Fsp3) is 0.267. The van der Waals surface area contributed by atoms with Gasteiger partial charge in [-0.3, -0.25) is 9.59 Å². The Kier molecular flexibility index (Phi) is 7.53. The third-order valence-corrected chi connectivity index (χ3v) is 7.17. The van der Waals surface area contributed by atoms with Gasteiger partial charge in [-0.1, -0.05) is 52.3 Å². The Morgan fingerprint density at radius 1 is 1.00 bits per heavy atom. The minimum atomic E-state index is -0.601. The van der Waals surface area contributed by atoms with E-state index in [0.29, 0.717) is 41.2 Å². The van der Waals surface area contributed by atoms with Crippen LogP contribution in [0.4, 0.5) is 0 Å². The highest BCUT2D eigenvalue weighted by atomic mass is 79.9. The second-order valence-corrected chi connectivity index (χ2v) is 10.5. The molecule has 0 saturated heterocycles. The molecular weight excluding hydrogens is 548 g/mol. The number of rotatable bonds is 9. The molecule has 1 unspecified atom stereocenters. The lowest BCUT2D eigenvalue weighted by Crippen LogP contribution is -2.32. The molecule has 0 radical (unpaired) electrons. The zero-order chi connectivity index (χ0) is 26.8. The molecule has 5 rings (SSSR count). The van der Waals surface area contributed by atoms with Crippen LogP contribution in [0.2, 0.25) is 0 Å². The van der Waals surface area contributed by atoms with E-state index in [4.69, 9.17) is 13.9 Å². The number of fused-ring (bicyclic) bond motifs is 2. The number of carbonyl (C=O) groups is 1. The lowest BCUT2D eigenvalue weighted by molar-refractivity contribution is 0.0722. The SMILES string of the molecule is COc1cc(C2c3c(oc4ccc(Br)cc4c3=O)C(=O)N2CCCN(C)C)ccc1OCc1ccccc1. The highest BCUT2D eigenvalue weighted by Crippen LogP contribution is 2.41. The van der Waals surface area contributed by atoms with Crippen molar-refractivity contribution < 1.29 is 18.7 Å². The molecule has 0 saturated carbocycles. The van der Waals surface area contributed by atoms with E-state index < -0.39 is 6.04 Å². The van der Waals surface area contributed by atoms with Crippen molar-refractivity contribution >= 4 is 32.8 Å². The minimum absolute atomic E-state index is 0.100. The molecule has 1 aliphatic rings. The number of nitrogens with zero attached hydrogens (tertiary/aromatic N) is 2. The number of halogens is 1. The summed E-state index contributed by atoms with van der Waals surface area (Å²) >= 11 is 3.44. The summed E-state index contributed by atoms with van der Waals surface area (Å²) in [6.45, 7) is 1.67. The van der Waals surface area contributed by atoms with E-state index in [9.17, 15) is 9.59 Å². The smallest absolute Gasteiger partial charge is 0.290 e. The highest BCUT2D eigenvalue weighted by Gasteiger charge is 2.42. The molecule has 0 bridgehead atoms. The van der Waals surface area contributed by atoms with Crippen LogP contribution in [0.3, 0.4) is 0 Å². The highest BCUT2D eigenvalue weighted by molar-refractivity contribution is 9.10. The first-order valence-corrected chi connectivity index (χ1v) is 13.2. The van der Waals surface area contributed by atoms with Gasteiger partial charge < -0.3 is 23.7 Å². The molecule has 0 fully saturated rings. The fourth-order valence-corrected chi connectivity index (χ4v) is 5.20. The van der Waals surface area contributed by atoms with Crippen molar-refractivity contribution in [3.8, 4) is 11.5 Å². The maximum absolute atomic E-state index is 13.8. The maximum atomic E-state index is 13.8. The summed E-state index contributed by atoms with van der Waals surface area (Å²) in [6.07, 6.45) is 0.748. The van der Waals surface area contributed by atoms with Crippen LogP contribution in [0.25, 0.3) is 11.0 Å². The van der Waals surface area contributed by atoms with Gasteiger partial charge >= 0.3 is 0 Å². The van der Waals surface area contributed by atoms with Gasteiger partial charge in [-0.05, 0) is 68.5 Å². The minimum Gasteiger partial charge on any atom is -0.493 e. The van der Waals surface area contributed by atoms with E-state index in [1.54, 1.807) is 30.2 Å². The number of amides is 1. The van der Waals surface area contributed by atoms with Crippen LogP contribution in [-0.2, 0) is 6.61 Å². The standard InChI is InChI=1S/C30H29BrN2O5/c1-32(2)14-7-15-33-27(26-28(34)22-17-21(31)11-13-23(22)38-29(26)30(33)35)20-10-12-24(25(16-20)36-3)37-18-19-8-5-4-6-9-19/h4-6,8-13,16-17,27H,7,14-15,18H2,1-3H3. The normalized spacial score (nSPS) is 14.8. The Bertz CT molecular complexity index is 1530. The second kappa shape index (κ2) is 11.0. The van der Waals surface area contributed by atoms with Crippen LogP contribution in [0, 0.1) is 0 Å². The zero-order valence-corrected chi connectivity index (χ0v) is 23.2. The Morgan fingerprint density at radius 2 is 1.79 bits per heavy atom. The van der Waals surface area contributed by atoms with Gasteiger partial charge in [-0.15, -0.1) is 0 Å². The molecule has 1 amide bonds. The van der Waals surface area contributed by atoms with Gasteiger partial charge in [0, 0.05) is 11.0 Å². The first kappa shape index (κ1) is 26.0.